The molecule has 0 amide bonds. The minimum atomic E-state index is -2.77. The monoisotopic (exact) mass is 652 g/mol. The van der Waals surface area contributed by atoms with E-state index in [1.807, 2.05) is 0 Å². The highest BCUT2D eigenvalue weighted by Gasteiger charge is 2.60. The maximum Gasteiger partial charge on any atom is 0.261 e. The first-order valence-electron chi connectivity index (χ1n) is 17.4. The van der Waals surface area contributed by atoms with E-state index in [2.05, 4.69) is 129 Å². The van der Waals surface area contributed by atoms with Crippen LogP contribution in [-0.2, 0) is 23.1 Å². The summed E-state index contributed by atoms with van der Waals surface area (Å²) in [6.45, 7) is 21.7. The van der Waals surface area contributed by atoms with Gasteiger partial charge in [-0.1, -0.05) is 109 Å². The third-order valence-corrected chi connectivity index (χ3v) is 20.8. The van der Waals surface area contributed by atoms with Gasteiger partial charge in [0.1, 0.15) is 18.7 Å². The van der Waals surface area contributed by atoms with Crippen LogP contribution in [-0.4, -0.2) is 55.0 Å². The molecule has 2 aromatic carbocycles. The molecular formula is C38H60O5Si2. The first-order chi connectivity index (χ1) is 21.5. The van der Waals surface area contributed by atoms with Crippen LogP contribution in [0.2, 0.25) is 23.2 Å². The van der Waals surface area contributed by atoms with Crippen molar-refractivity contribution in [1.82, 2.24) is 0 Å². The number of fused-ring (bicyclic) bond motifs is 1. The van der Waals surface area contributed by atoms with Crippen LogP contribution in [0.5, 0.6) is 0 Å². The van der Waals surface area contributed by atoms with Crippen molar-refractivity contribution in [2.45, 2.75) is 116 Å². The Balaban J connectivity index is 1.88. The minimum absolute atomic E-state index is 0.0322. The Morgan fingerprint density at radius 2 is 1.40 bits per heavy atom. The van der Waals surface area contributed by atoms with Gasteiger partial charge < -0.3 is 23.1 Å². The average molecular weight is 653 g/mol. The molecule has 1 saturated carbocycles. The van der Waals surface area contributed by atoms with E-state index in [0.29, 0.717) is 6.61 Å². The second kappa shape index (κ2) is 15.0. The van der Waals surface area contributed by atoms with E-state index in [1.54, 1.807) is 7.11 Å². The minimum Gasteiger partial charge on any atom is -0.496 e. The number of hydrogen-bond acceptors (Lipinski definition) is 5. The van der Waals surface area contributed by atoms with Crippen LogP contribution < -0.4 is 10.4 Å². The predicted octanol–water partition coefficient (Wildman–Crippen LogP) is 8.30. The van der Waals surface area contributed by atoms with Gasteiger partial charge in [-0.25, -0.2) is 0 Å². The molecule has 6 atom stereocenters. The summed E-state index contributed by atoms with van der Waals surface area (Å²) in [6, 6.07) is 25.3. The zero-order valence-electron chi connectivity index (χ0n) is 29.7. The smallest absolute Gasteiger partial charge is 0.261 e. The van der Waals surface area contributed by atoms with Crippen molar-refractivity contribution in [2.75, 3.05) is 20.5 Å². The van der Waals surface area contributed by atoms with Crippen molar-refractivity contribution >= 4 is 27.0 Å². The fourth-order valence-corrected chi connectivity index (χ4v) is 15.9. The van der Waals surface area contributed by atoms with Gasteiger partial charge in [-0.3, -0.25) is 0 Å². The fraction of sp³-hybridized carbons (Fsp3) is 0.632. The molecule has 0 saturated heterocycles. The average Bonchev–Trinajstić information content (AvgIpc) is 3.32. The summed E-state index contributed by atoms with van der Waals surface area (Å²) in [6.07, 6.45) is 3.85. The molecule has 7 heteroatoms. The Morgan fingerprint density at radius 1 is 0.844 bits per heavy atom. The molecular weight excluding hydrogens is 593 g/mol. The van der Waals surface area contributed by atoms with Crippen molar-refractivity contribution in [3.05, 3.63) is 72.5 Å². The second-order valence-corrected chi connectivity index (χ2v) is 23.5. The number of methoxy groups -OCH3 is 1. The lowest BCUT2D eigenvalue weighted by molar-refractivity contribution is -0.157. The molecule has 45 heavy (non-hydrogen) atoms. The lowest BCUT2D eigenvalue weighted by atomic mass is 9.76. The van der Waals surface area contributed by atoms with E-state index in [4.69, 9.17) is 23.1 Å². The molecule has 0 N–H and O–H groups in total. The Hall–Kier alpha value is -1.75. The largest absolute Gasteiger partial charge is 0.496 e. The van der Waals surface area contributed by atoms with Crippen LogP contribution in [0.4, 0.5) is 0 Å². The van der Waals surface area contributed by atoms with Crippen LogP contribution in [0.15, 0.2) is 72.5 Å². The molecule has 5 nitrogen and oxygen atoms in total. The summed E-state index contributed by atoms with van der Waals surface area (Å²) in [7, 11) is -3.04. The van der Waals surface area contributed by atoms with Crippen molar-refractivity contribution in [1.29, 1.82) is 0 Å². The normalized spacial score (nSPS) is 27.5. The molecule has 0 aliphatic heterocycles. The van der Waals surface area contributed by atoms with Crippen LogP contribution in [0, 0.1) is 17.8 Å². The maximum absolute atomic E-state index is 7.88. The van der Waals surface area contributed by atoms with Crippen molar-refractivity contribution in [3.8, 4) is 0 Å². The number of rotatable bonds is 14. The van der Waals surface area contributed by atoms with Gasteiger partial charge in [-0.05, 0) is 78.1 Å². The van der Waals surface area contributed by atoms with Gasteiger partial charge in [-0.2, -0.15) is 0 Å². The van der Waals surface area contributed by atoms with Gasteiger partial charge in [-0.15, -0.1) is 0 Å². The molecule has 4 rings (SSSR count). The highest BCUT2D eigenvalue weighted by atomic mass is 28.4. The van der Waals surface area contributed by atoms with Gasteiger partial charge >= 0.3 is 0 Å². The van der Waals surface area contributed by atoms with Gasteiger partial charge in [0.15, 0.2) is 8.32 Å². The Labute approximate surface area is 276 Å². The number of ether oxygens (including phenoxy) is 3. The summed E-state index contributed by atoms with van der Waals surface area (Å²) in [4.78, 5) is 0. The Bertz CT molecular complexity index is 1180. The standard InChI is InChI=1S/C38H60O5Si2/c1-11-40-33-25-26-38(9,41-28-39-10)32-27-34(29(5)35(32)36(33)43-44(12-2,13-3)14-4)42-45(37(6,7)8,30-21-17-15-18-22-30)31-23-19-16-20-24-31/h15-25,29,32,34-36H,11-14,26-28H2,1-10H3/t29-,32-,34-,35+,36+,38-/m0/s1. The highest BCUT2D eigenvalue weighted by molar-refractivity contribution is 6.99. The van der Waals surface area contributed by atoms with Crippen LogP contribution >= 0.6 is 0 Å². The van der Waals surface area contributed by atoms with Crippen LogP contribution in [0.25, 0.3) is 0 Å². The van der Waals surface area contributed by atoms with Gasteiger partial charge in [0, 0.05) is 19.1 Å². The first-order valence-corrected chi connectivity index (χ1v) is 21.8. The predicted molar refractivity (Wildman–Crippen MR) is 191 cm³/mol. The lowest BCUT2D eigenvalue weighted by Gasteiger charge is -2.46. The summed E-state index contributed by atoms with van der Waals surface area (Å²) in [5, 5.41) is 2.54. The van der Waals surface area contributed by atoms with E-state index in [1.165, 1.54) is 10.4 Å². The molecule has 2 aromatic rings. The van der Waals surface area contributed by atoms with E-state index < -0.39 is 22.2 Å². The highest BCUT2D eigenvalue weighted by Crippen LogP contribution is 2.54. The summed E-state index contributed by atoms with van der Waals surface area (Å²) in [5.74, 6) is 1.61. The quantitative estimate of drug-likeness (QED) is 0.152. The molecule has 0 bridgehead atoms. The van der Waals surface area contributed by atoms with Crippen molar-refractivity contribution < 1.29 is 23.1 Å². The molecule has 0 heterocycles. The summed E-state index contributed by atoms with van der Waals surface area (Å²) in [5.41, 5.74) is -0.437. The van der Waals surface area contributed by atoms with E-state index >= 15 is 0 Å². The second-order valence-electron chi connectivity index (χ2n) is 14.5. The van der Waals surface area contributed by atoms with E-state index in [-0.39, 0.29) is 41.8 Å². The van der Waals surface area contributed by atoms with Crippen molar-refractivity contribution in [3.63, 3.8) is 0 Å². The third kappa shape index (κ3) is 7.09. The molecule has 0 spiro atoms. The SMILES string of the molecule is CCOC1=CC[C@](C)(OCOC)[C@H]2C[C@H](O[Si](c3ccccc3)(c3ccccc3)C(C)(C)C)[C@H](C)[C@H]2[C@@H]1O[Si](CC)(CC)CC. The molecule has 1 fully saturated rings. The molecule has 250 valence electrons. The van der Waals surface area contributed by atoms with Gasteiger partial charge in [0.05, 0.1) is 12.2 Å². The lowest BCUT2D eigenvalue weighted by Crippen LogP contribution is -2.68. The molecule has 0 radical (unpaired) electrons. The zero-order valence-corrected chi connectivity index (χ0v) is 31.7. The fourth-order valence-electron chi connectivity index (χ4n) is 8.29. The molecule has 2 aliphatic rings. The first kappa shape index (κ1) is 36.1. The molecule has 2 aliphatic carbocycles. The van der Waals surface area contributed by atoms with Crippen LogP contribution in [0.3, 0.4) is 0 Å². The topological polar surface area (TPSA) is 46.2 Å². The number of benzene rings is 2. The summed E-state index contributed by atoms with van der Waals surface area (Å²) < 4.78 is 34.0. The zero-order chi connectivity index (χ0) is 32.9. The molecule has 0 unspecified atom stereocenters. The third-order valence-electron chi connectivity index (χ3n) is 11.1. The Kier molecular flexibility index (Phi) is 12.0. The van der Waals surface area contributed by atoms with Gasteiger partial charge in [0.2, 0.25) is 0 Å². The maximum atomic E-state index is 7.88. The van der Waals surface area contributed by atoms with Gasteiger partial charge in [0.25, 0.3) is 8.32 Å². The van der Waals surface area contributed by atoms with E-state index in [0.717, 1.165) is 36.7 Å². The van der Waals surface area contributed by atoms with Crippen molar-refractivity contribution in [2.24, 2.45) is 17.8 Å². The Morgan fingerprint density at radius 3 is 1.87 bits per heavy atom. The molecule has 0 aromatic heterocycles. The van der Waals surface area contributed by atoms with E-state index in [9.17, 15) is 0 Å². The van der Waals surface area contributed by atoms with Crippen LogP contribution in [0.1, 0.15) is 75.2 Å². The number of hydrogen-bond donors (Lipinski definition) is 0. The summed E-state index contributed by atoms with van der Waals surface area (Å²) >= 11 is 0.